The third-order valence-corrected chi connectivity index (χ3v) is 3.73. The van der Waals surface area contributed by atoms with Gasteiger partial charge in [0.2, 0.25) is 0 Å². The minimum atomic E-state index is -0.507. The molecule has 0 unspecified atom stereocenters. The number of anilines is 1. The molecule has 2 rings (SSSR count). The maximum atomic E-state index is 10.7. The van der Waals surface area contributed by atoms with Gasteiger partial charge in [-0.25, -0.2) is 0 Å². The standard InChI is InChI=1S/C13H11N3O2S/c1-9(13-3-2-6-19-13)15-12-5-4-11(16(17)18)7-10(12)8-14/h2-7,9,15H,1H3/t9-/m0/s1. The molecule has 0 fully saturated rings. The fourth-order valence-corrected chi connectivity index (χ4v) is 2.44. The Hall–Kier alpha value is -2.39. The Morgan fingerprint density at radius 3 is 2.84 bits per heavy atom. The number of thiophene rings is 1. The third kappa shape index (κ3) is 2.89. The molecular weight excluding hydrogens is 262 g/mol. The van der Waals surface area contributed by atoms with E-state index in [0.717, 1.165) is 4.88 Å². The fraction of sp³-hybridized carbons (Fsp3) is 0.154. The van der Waals surface area contributed by atoms with Gasteiger partial charge in [0.05, 0.1) is 22.2 Å². The van der Waals surface area contributed by atoms with Crippen molar-refractivity contribution in [3.63, 3.8) is 0 Å². The Kier molecular flexibility index (Phi) is 3.78. The highest BCUT2D eigenvalue weighted by molar-refractivity contribution is 7.10. The van der Waals surface area contributed by atoms with E-state index in [1.54, 1.807) is 17.4 Å². The van der Waals surface area contributed by atoms with Crippen LogP contribution in [0.4, 0.5) is 11.4 Å². The zero-order valence-corrected chi connectivity index (χ0v) is 11.0. The first kappa shape index (κ1) is 13.1. The van der Waals surface area contributed by atoms with E-state index in [9.17, 15) is 10.1 Å². The summed E-state index contributed by atoms with van der Waals surface area (Å²) in [6, 6.07) is 10.2. The second kappa shape index (κ2) is 5.50. The lowest BCUT2D eigenvalue weighted by Gasteiger charge is -2.14. The van der Waals surface area contributed by atoms with E-state index < -0.39 is 4.92 Å². The number of hydrogen-bond acceptors (Lipinski definition) is 5. The first-order valence-corrected chi connectivity index (χ1v) is 6.48. The summed E-state index contributed by atoms with van der Waals surface area (Å²) >= 11 is 1.62. The van der Waals surface area contributed by atoms with Crippen molar-refractivity contribution in [3.05, 3.63) is 56.3 Å². The zero-order valence-electron chi connectivity index (χ0n) is 10.2. The quantitative estimate of drug-likeness (QED) is 0.680. The number of nitrogens with zero attached hydrogens (tertiary/aromatic N) is 2. The van der Waals surface area contributed by atoms with Crippen LogP contribution in [0.5, 0.6) is 0 Å². The zero-order chi connectivity index (χ0) is 13.8. The Labute approximate surface area is 114 Å². The molecule has 0 aliphatic heterocycles. The predicted molar refractivity (Wildman–Crippen MR) is 74.2 cm³/mol. The van der Waals surface area contributed by atoms with Gasteiger partial charge < -0.3 is 5.32 Å². The summed E-state index contributed by atoms with van der Waals surface area (Å²) in [5, 5.41) is 24.9. The summed E-state index contributed by atoms with van der Waals surface area (Å²) in [5.41, 5.74) is 0.803. The van der Waals surface area contributed by atoms with Gasteiger partial charge in [-0.05, 0) is 24.4 Å². The van der Waals surface area contributed by atoms with Gasteiger partial charge in [0.25, 0.3) is 5.69 Å². The average molecular weight is 273 g/mol. The van der Waals surface area contributed by atoms with Gasteiger partial charge >= 0.3 is 0 Å². The summed E-state index contributed by atoms with van der Waals surface area (Å²) in [4.78, 5) is 11.3. The molecule has 1 atom stereocenters. The molecule has 5 nitrogen and oxygen atoms in total. The van der Waals surface area contributed by atoms with Crippen molar-refractivity contribution in [1.82, 2.24) is 0 Å². The molecule has 6 heteroatoms. The number of non-ortho nitro benzene ring substituents is 1. The molecule has 1 N–H and O–H groups in total. The van der Waals surface area contributed by atoms with Crippen LogP contribution in [0.15, 0.2) is 35.7 Å². The van der Waals surface area contributed by atoms with E-state index in [1.807, 2.05) is 30.5 Å². The van der Waals surface area contributed by atoms with E-state index in [1.165, 1.54) is 12.1 Å². The Bertz CT molecular complexity index is 632. The fourth-order valence-electron chi connectivity index (χ4n) is 1.71. The van der Waals surface area contributed by atoms with Crippen molar-refractivity contribution in [1.29, 1.82) is 5.26 Å². The van der Waals surface area contributed by atoms with Crippen LogP contribution in [-0.2, 0) is 0 Å². The van der Waals surface area contributed by atoms with Gasteiger partial charge in [0.1, 0.15) is 6.07 Å². The molecule has 0 saturated heterocycles. The summed E-state index contributed by atoms with van der Waals surface area (Å²) in [5.74, 6) is 0. The van der Waals surface area contributed by atoms with Crippen LogP contribution in [0, 0.1) is 21.4 Å². The van der Waals surface area contributed by atoms with Crippen molar-refractivity contribution < 1.29 is 4.92 Å². The lowest BCUT2D eigenvalue weighted by molar-refractivity contribution is -0.384. The SMILES string of the molecule is C[C@H](Nc1ccc([N+](=O)[O-])cc1C#N)c1cccs1. The normalized spacial score (nSPS) is 11.6. The molecule has 0 saturated carbocycles. The van der Waals surface area contributed by atoms with E-state index in [-0.39, 0.29) is 17.3 Å². The van der Waals surface area contributed by atoms with Crippen LogP contribution >= 0.6 is 11.3 Å². The minimum absolute atomic E-state index is 0.0496. The van der Waals surface area contributed by atoms with Crippen LogP contribution in [0.2, 0.25) is 0 Å². The van der Waals surface area contributed by atoms with Gasteiger partial charge in [-0.2, -0.15) is 5.26 Å². The maximum absolute atomic E-state index is 10.7. The molecule has 0 aliphatic carbocycles. The largest absolute Gasteiger partial charge is 0.377 e. The Balaban J connectivity index is 2.26. The van der Waals surface area contributed by atoms with Crippen LogP contribution in [0.1, 0.15) is 23.4 Å². The van der Waals surface area contributed by atoms with Crippen LogP contribution in [0.25, 0.3) is 0 Å². The lowest BCUT2D eigenvalue weighted by atomic mass is 10.1. The first-order valence-electron chi connectivity index (χ1n) is 5.60. The maximum Gasteiger partial charge on any atom is 0.270 e. The molecule has 0 radical (unpaired) electrons. The van der Waals surface area contributed by atoms with Crippen LogP contribution in [0.3, 0.4) is 0 Å². The Morgan fingerprint density at radius 1 is 1.47 bits per heavy atom. The summed E-state index contributed by atoms with van der Waals surface area (Å²) in [6.45, 7) is 1.98. The van der Waals surface area contributed by atoms with E-state index in [2.05, 4.69) is 5.32 Å². The number of rotatable bonds is 4. The Morgan fingerprint density at radius 2 is 2.26 bits per heavy atom. The molecule has 0 amide bonds. The van der Waals surface area contributed by atoms with Crippen molar-refractivity contribution in [2.45, 2.75) is 13.0 Å². The molecule has 1 aromatic carbocycles. The second-order valence-electron chi connectivity index (χ2n) is 3.98. The molecule has 0 bridgehead atoms. The number of benzene rings is 1. The van der Waals surface area contributed by atoms with E-state index >= 15 is 0 Å². The van der Waals surface area contributed by atoms with Gasteiger partial charge in [0.15, 0.2) is 0 Å². The monoisotopic (exact) mass is 273 g/mol. The number of nitro groups is 1. The number of nitro benzene ring substituents is 1. The second-order valence-corrected chi connectivity index (χ2v) is 4.96. The smallest absolute Gasteiger partial charge is 0.270 e. The highest BCUT2D eigenvalue weighted by atomic mass is 32.1. The third-order valence-electron chi connectivity index (χ3n) is 2.68. The first-order chi connectivity index (χ1) is 9.11. The van der Waals surface area contributed by atoms with Crippen molar-refractivity contribution in [2.24, 2.45) is 0 Å². The molecule has 0 aliphatic rings. The molecule has 1 aromatic heterocycles. The van der Waals surface area contributed by atoms with E-state index in [0.29, 0.717) is 5.69 Å². The number of nitriles is 1. The minimum Gasteiger partial charge on any atom is -0.377 e. The highest BCUT2D eigenvalue weighted by Crippen LogP contribution is 2.27. The van der Waals surface area contributed by atoms with Gasteiger partial charge in [0, 0.05) is 17.0 Å². The van der Waals surface area contributed by atoms with Crippen LogP contribution in [-0.4, -0.2) is 4.92 Å². The average Bonchev–Trinajstić information content (AvgIpc) is 2.92. The van der Waals surface area contributed by atoms with Crippen molar-refractivity contribution >= 4 is 22.7 Å². The van der Waals surface area contributed by atoms with Crippen LogP contribution < -0.4 is 5.32 Å². The van der Waals surface area contributed by atoms with Crippen molar-refractivity contribution in [3.8, 4) is 6.07 Å². The molecule has 0 spiro atoms. The summed E-state index contributed by atoms with van der Waals surface area (Å²) in [7, 11) is 0. The number of nitrogens with one attached hydrogen (secondary N) is 1. The molecule has 19 heavy (non-hydrogen) atoms. The highest BCUT2D eigenvalue weighted by Gasteiger charge is 2.13. The van der Waals surface area contributed by atoms with Crippen molar-refractivity contribution in [2.75, 3.05) is 5.32 Å². The molecule has 96 valence electrons. The number of hydrogen-bond donors (Lipinski definition) is 1. The van der Waals surface area contributed by atoms with Gasteiger partial charge in [-0.1, -0.05) is 6.07 Å². The predicted octanol–water partition coefficient (Wildman–Crippen LogP) is 3.70. The topological polar surface area (TPSA) is 79.0 Å². The summed E-state index contributed by atoms with van der Waals surface area (Å²) in [6.07, 6.45) is 0. The lowest BCUT2D eigenvalue weighted by Crippen LogP contribution is -2.06. The molecule has 1 heterocycles. The molecule has 2 aromatic rings. The summed E-state index contributed by atoms with van der Waals surface area (Å²) < 4.78 is 0. The van der Waals surface area contributed by atoms with E-state index in [4.69, 9.17) is 5.26 Å². The molecular formula is C13H11N3O2S. The van der Waals surface area contributed by atoms with Gasteiger partial charge in [-0.3, -0.25) is 10.1 Å². The van der Waals surface area contributed by atoms with Gasteiger partial charge in [-0.15, -0.1) is 11.3 Å².